The Balaban J connectivity index is 1.83. The van der Waals surface area contributed by atoms with Crippen LogP contribution in [0.1, 0.15) is 23.0 Å². The van der Waals surface area contributed by atoms with Gasteiger partial charge in [-0.2, -0.15) is 5.10 Å². The van der Waals surface area contributed by atoms with Gasteiger partial charge in [-0.15, -0.1) is 11.3 Å². The predicted molar refractivity (Wildman–Crippen MR) is 82.4 cm³/mol. The zero-order valence-corrected chi connectivity index (χ0v) is 12.2. The van der Waals surface area contributed by atoms with Crippen molar-refractivity contribution >= 4 is 34.7 Å². The number of hydrogen-bond donors (Lipinski definition) is 2. The highest BCUT2D eigenvalue weighted by Gasteiger charge is 2.07. The number of hydrazone groups is 1. The van der Waals surface area contributed by atoms with Crippen molar-refractivity contribution in [2.45, 2.75) is 13.3 Å². The fourth-order valence-electron chi connectivity index (χ4n) is 1.50. The minimum atomic E-state index is -0.283. The van der Waals surface area contributed by atoms with Crippen LogP contribution >= 0.6 is 11.3 Å². The Morgan fingerprint density at radius 3 is 2.81 bits per heavy atom. The van der Waals surface area contributed by atoms with Gasteiger partial charge < -0.3 is 5.32 Å². The van der Waals surface area contributed by atoms with Crippen molar-refractivity contribution in [2.75, 3.05) is 5.32 Å². The third-order valence-corrected chi connectivity index (χ3v) is 3.31. The van der Waals surface area contributed by atoms with Crippen molar-refractivity contribution < 1.29 is 9.59 Å². The first-order valence-corrected chi connectivity index (χ1v) is 7.11. The largest absolute Gasteiger partial charge is 0.310 e. The van der Waals surface area contributed by atoms with E-state index in [1.807, 2.05) is 5.38 Å². The first-order valence-electron chi connectivity index (χ1n) is 6.23. The van der Waals surface area contributed by atoms with Crippen molar-refractivity contribution in [3.05, 3.63) is 46.8 Å². The lowest BCUT2D eigenvalue weighted by atomic mass is 10.3. The number of pyridine rings is 1. The fourth-order valence-corrected chi connectivity index (χ4v) is 2.12. The second-order valence-electron chi connectivity index (χ2n) is 4.21. The topological polar surface area (TPSA) is 83.4 Å². The van der Waals surface area contributed by atoms with Gasteiger partial charge in [-0.05, 0) is 30.5 Å². The van der Waals surface area contributed by atoms with Crippen LogP contribution in [0.2, 0.25) is 0 Å². The molecule has 0 radical (unpaired) electrons. The summed E-state index contributed by atoms with van der Waals surface area (Å²) in [6, 6.07) is 8.74. The zero-order valence-electron chi connectivity index (χ0n) is 11.4. The van der Waals surface area contributed by atoms with Crippen LogP contribution in [0.3, 0.4) is 0 Å². The second kappa shape index (κ2) is 7.30. The Hall–Kier alpha value is -2.54. The molecule has 2 aromatic heterocycles. The molecule has 0 bridgehead atoms. The van der Waals surface area contributed by atoms with E-state index in [0.717, 1.165) is 0 Å². The maximum Gasteiger partial charge on any atom is 0.281 e. The Morgan fingerprint density at radius 2 is 2.14 bits per heavy atom. The van der Waals surface area contributed by atoms with Gasteiger partial charge in [0.15, 0.2) is 0 Å². The first kappa shape index (κ1) is 14.9. The van der Waals surface area contributed by atoms with E-state index in [1.165, 1.54) is 11.3 Å². The van der Waals surface area contributed by atoms with Crippen molar-refractivity contribution in [1.82, 2.24) is 10.4 Å². The van der Waals surface area contributed by atoms with Crippen molar-refractivity contribution in [3.63, 3.8) is 0 Å². The smallest absolute Gasteiger partial charge is 0.281 e. The number of aromatic nitrogens is 1. The second-order valence-corrected chi connectivity index (χ2v) is 5.15. The summed E-state index contributed by atoms with van der Waals surface area (Å²) in [6.07, 6.45) is 1.68. The van der Waals surface area contributed by atoms with Gasteiger partial charge in [-0.1, -0.05) is 12.1 Å². The molecule has 0 saturated heterocycles. The molecule has 7 heteroatoms. The fraction of sp³-hybridized carbons (Fsp3) is 0.143. The number of nitrogens with zero attached hydrogens (tertiary/aromatic N) is 2. The van der Waals surface area contributed by atoms with Gasteiger partial charge in [-0.25, -0.2) is 10.4 Å². The number of nitrogens with one attached hydrogen (secondary N) is 2. The minimum Gasteiger partial charge on any atom is -0.310 e. The molecule has 0 saturated carbocycles. The van der Waals surface area contributed by atoms with Gasteiger partial charge in [0.25, 0.3) is 5.91 Å². The van der Waals surface area contributed by atoms with E-state index in [1.54, 1.807) is 43.5 Å². The molecule has 0 unspecified atom stereocenters. The third-order valence-electron chi connectivity index (χ3n) is 2.44. The van der Waals surface area contributed by atoms with Crippen LogP contribution in [0.4, 0.5) is 5.82 Å². The summed E-state index contributed by atoms with van der Waals surface area (Å²) in [6.45, 7) is 1.67. The molecule has 21 heavy (non-hydrogen) atoms. The summed E-state index contributed by atoms with van der Waals surface area (Å²) in [7, 11) is 0. The maximum absolute atomic E-state index is 11.8. The number of anilines is 1. The number of carbonyl (C=O) groups is 2. The van der Waals surface area contributed by atoms with Gasteiger partial charge in [0.2, 0.25) is 5.91 Å². The normalized spacial score (nSPS) is 11.0. The highest BCUT2D eigenvalue weighted by molar-refractivity contribution is 7.12. The number of carbonyl (C=O) groups excluding carboxylic acids is 2. The molecule has 2 N–H and O–H groups in total. The van der Waals surface area contributed by atoms with Crippen LogP contribution < -0.4 is 10.7 Å². The van der Waals surface area contributed by atoms with E-state index < -0.39 is 0 Å². The van der Waals surface area contributed by atoms with Gasteiger partial charge in [0.05, 0.1) is 11.3 Å². The summed E-state index contributed by atoms with van der Waals surface area (Å²) in [5.74, 6) is -0.0345. The predicted octanol–water partition coefficient (Wildman–Crippen LogP) is 2.28. The molecule has 0 aliphatic heterocycles. The highest BCUT2D eigenvalue weighted by atomic mass is 32.1. The van der Waals surface area contributed by atoms with Gasteiger partial charge in [0, 0.05) is 11.9 Å². The van der Waals surface area contributed by atoms with Crippen molar-refractivity contribution in [3.8, 4) is 0 Å². The number of thiophene rings is 1. The first-order chi connectivity index (χ1) is 10.1. The molecule has 0 spiro atoms. The van der Waals surface area contributed by atoms with Crippen LogP contribution in [0.5, 0.6) is 0 Å². The maximum atomic E-state index is 11.8. The lowest BCUT2D eigenvalue weighted by molar-refractivity contribution is -0.115. The quantitative estimate of drug-likeness (QED) is 0.656. The molecule has 2 heterocycles. The van der Waals surface area contributed by atoms with Crippen LogP contribution in [-0.4, -0.2) is 22.5 Å². The standard InChI is InChI=1S/C14H14N4O2S/c1-10(17-18-14(20)11-5-4-8-21-11)9-13(19)16-12-6-2-3-7-15-12/h2-8H,9H2,1H3,(H,18,20)(H,15,16,19)/b17-10-. The molecule has 2 rings (SSSR count). The Labute approximate surface area is 125 Å². The highest BCUT2D eigenvalue weighted by Crippen LogP contribution is 2.07. The summed E-state index contributed by atoms with van der Waals surface area (Å²) < 4.78 is 0. The molecule has 0 atom stereocenters. The molecular weight excluding hydrogens is 288 g/mol. The monoisotopic (exact) mass is 302 g/mol. The van der Waals surface area contributed by atoms with Gasteiger partial charge in [0.1, 0.15) is 5.82 Å². The molecule has 0 fully saturated rings. The van der Waals surface area contributed by atoms with Crippen LogP contribution in [0.15, 0.2) is 47.0 Å². The van der Waals surface area contributed by atoms with E-state index >= 15 is 0 Å². The minimum absolute atomic E-state index is 0.0846. The van der Waals surface area contributed by atoms with E-state index in [2.05, 4.69) is 20.8 Å². The van der Waals surface area contributed by atoms with Gasteiger partial charge >= 0.3 is 0 Å². The molecule has 0 aliphatic rings. The molecule has 6 nitrogen and oxygen atoms in total. The van der Waals surface area contributed by atoms with E-state index in [0.29, 0.717) is 16.4 Å². The molecule has 0 aromatic carbocycles. The number of hydrogen-bond acceptors (Lipinski definition) is 5. The van der Waals surface area contributed by atoms with Crippen molar-refractivity contribution in [1.29, 1.82) is 0 Å². The zero-order chi connectivity index (χ0) is 15.1. The Bertz CT molecular complexity index is 638. The van der Waals surface area contributed by atoms with Crippen LogP contribution in [-0.2, 0) is 4.79 Å². The number of amides is 2. The molecule has 2 amide bonds. The third kappa shape index (κ3) is 4.81. The van der Waals surface area contributed by atoms with Crippen molar-refractivity contribution in [2.24, 2.45) is 5.10 Å². The average Bonchev–Trinajstić information content (AvgIpc) is 3.00. The lowest BCUT2D eigenvalue weighted by Crippen LogP contribution is -2.21. The van der Waals surface area contributed by atoms with Gasteiger partial charge in [-0.3, -0.25) is 9.59 Å². The lowest BCUT2D eigenvalue weighted by Gasteiger charge is -2.04. The van der Waals surface area contributed by atoms with Crippen LogP contribution in [0, 0.1) is 0 Å². The van der Waals surface area contributed by atoms with Crippen LogP contribution in [0.25, 0.3) is 0 Å². The molecule has 2 aromatic rings. The Morgan fingerprint density at radius 1 is 1.29 bits per heavy atom. The Kier molecular flexibility index (Phi) is 5.16. The van der Waals surface area contributed by atoms with E-state index in [-0.39, 0.29) is 18.2 Å². The molecule has 108 valence electrons. The number of rotatable bonds is 5. The summed E-state index contributed by atoms with van der Waals surface area (Å²) in [5, 5.41) is 8.36. The summed E-state index contributed by atoms with van der Waals surface area (Å²) in [5.41, 5.74) is 2.93. The SMILES string of the molecule is C/C(CC(=O)Nc1ccccn1)=N/NC(=O)c1cccs1. The summed E-state index contributed by atoms with van der Waals surface area (Å²) >= 11 is 1.33. The van der Waals surface area contributed by atoms with E-state index in [4.69, 9.17) is 0 Å². The van der Waals surface area contributed by atoms with E-state index in [9.17, 15) is 9.59 Å². The average molecular weight is 302 g/mol. The molecular formula is C14H14N4O2S. The summed E-state index contributed by atoms with van der Waals surface area (Å²) in [4.78, 5) is 28.0. The molecule has 0 aliphatic carbocycles.